The van der Waals surface area contributed by atoms with E-state index < -0.39 is 0 Å². The van der Waals surface area contributed by atoms with Crippen LogP contribution in [0.15, 0.2) is 30.3 Å². The van der Waals surface area contributed by atoms with E-state index in [1.165, 1.54) is 21.4 Å². The molecule has 1 aliphatic rings. The topological polar surface area (TPSA) is 71.2 Å². The Kier molecular flexibility index (Phi) is 4.44. The number of tetrazole rings is 1. The molecule has 1 aliphatic heterocycles. The van der Waals surface area contributed by atoms with Crippen molar-refractivity contribution < 1.29 is 0 Å². The summed E-state index contributed by atoms with van der Waals surface area (Å²) in [6, 6.07) is 11.0. The largest absolute Gasteiger partial charge is 0.367 e. The maximum atomic E-state index is 4.73. The van der Waals surface area contributed by atoms with Crippen molar-refractivity contribution in [1.82, 2.24) is 29.9 Å². The van der Waals surface area contributed by atoms with E-state index in [1.54, 1.807) is 15.9 Å². The first kappa shape index (κ1) is 17.5. The van der Waals surface area contributed by atoms with Crippen LogP contribution < -0.4 is 5.32 Å². The fourth-order valence-electron chi connectivity index (χ4n) is 3.79. The minimum absolute atomic E-state index is 0.350. The highest BCUT2D eigenvalue weighted by Gasteiger charge is 2.26. The Bertz CT molecular complexity index is 1120. The lowest BCUT2D eigenvalue weighted by Crippen LogP contribution is -2.29. The lowest BCUT2D eigenvalue weighted by molar-refractivity contribution is 0.249. The molecule has 0 amide bonds. The zero-order valence-corrected chi connectivity index (χ0v) is 16.9. The van der Waals surface area contributed by atoms with Gasteiger partial charge in [-0.1, -0.05) is 42.4 Å². The Balaban J connectivity index is 1.55. The molecule has 7 nitrogen and oxygen atoms in total. The van der Waals surface area contributed by atoms with Gasteiger partial charge in [-0.2, -0.15) is 9.50 Å². The van der Waals surface area contributed by atoms with Crippen molar-refractivity contribution in [2.24, 2.45) is 0 Å². The highest BCUT2D eigenvalue weighted by atomic mass is 32.1. The molecule has 0 aliphatic carbocycles. The second kappa shape index (κ2) is 7.10. The Morgan fingerprint density at radius 2 is 2.11 bits per heavy atom. The number of aromatic nitrogens is 5. The highest BCUT2D eigenvalue weighted by Crippen LogP contribution is 2.39. The molecular formula is C20H23N7S. The molecule has 1 aromatic carbocycles. The van der Waals surface area contributed by atoms with E-state index in [4.69, 9.17) is 4.98 Å². The summed E-state index contributed by atoms with van der Waals surface area (Å²) in [6.45, 7) is 7.34. The van der Waals surface area contributed by atoms with Crippen molar-refractivity contribution in [3.8, 4) is 0 Å². The van der Waals surface area contributed by atoms with E-state index in [1.807, 2.05) is 0 Å². The van der Waals surface area contributed by atoms with Crippen LogP contribution in [0.25, 0.3) is 16.0 Å². The molecule has 0 bridgehead atoms. The van der Waals surface area contributed by atoms with Gasteiger partial charge in [0, 0.05) is 30.6 Å². The predicted octanol–water partition coefficient (Wildman–Crippen LogP) is 3.50. The molecule has 0 spiro atoms. The Morgan fingerprint density at radius 1 is 1.25 bits per heavy atom. The number of anilines is 1. The number of nitrogens with one attached hydrogen (secondary N) is 1. The van der Waals surface area contributed by atoms with Gasteiger partial charge in [-0.15, -0.1) is 11.3 Å². The fourth-order valence-corrected chi connectivity index (χ4v) is 5.13. The Morgan fingerprint density at radius 3 is 2.93 bits per heavy atom. The number of thiophene rings is 1. The van der Waals surface area contributed by atoms with E-state index in [0.717, 1.165) is 43.1 Å². The number of fused-ring (bicyclic) bond motifs is 5. The summed E-state index contributed by atoms with van der Waals surface area (Å²) in [4.78, 5) is 9.73. The Hall–Kier alpha value is -2.58. The molecule has 3 aromatic heterocycles. The molecule has 4 heterocycles. The number of hydrogen-bond donors (Lipinski definition) is 1. The predicted molar refractivity (Wildman–Crippen MR) is 112 cm³/mol. The van der Waals surface area contributed by atoms with Crippen molar-refractivity contribution >= 4 is 33.1 Å². The third-order valence-electron chi connectivity index (χ3n) is 5.46. The van der Waals surface area contributed by atoms with Crippen LogP contribution >= 0.6 is 11.3 Å². The molecule has 1 atom stereocenters. The van der Waals surface area contributed by atoms with Gasteiger partial charge in [0.2, 0.25) is 0 Å². The molecule has 0 unspecified atom stereocenters. The van der Waals surface area contributed by atoms with Gasteiger partial charge in [0.25, 0.3) is 5.78 Å². The Labute approximate surface area is 167 Å². The van der Waals surface area contributed by atoms with Gasteiger partial charge < -0.3 is 5.32 Å². The van der Waals surface area contributed by atoms with Gasteiger partial charge in [-0.3, -0.25) is 4.90 Å². The summed E-state index contributed by atoms with van der Waals surface area (Å²) in [7, 11) is 0. The third-order valence-corrected chi connectivity index (χ3v) is 6.65. The smallest absolute Gasteiger partial charge is 0.276 e. The van der Waals surface area contributed by atoms with Crippen LogP contribution in [0.3, 0.4) is 0 Å². The molecule has 0 radical (unpaired) electrons. The third kappa shape index (κ3) is 3.02. The first-order chi connectivity index (χ1) is 13.7. The van der Waals surface area contributed by atoms with Gasteiger partial charge in [0.05, 0.1) is 5.39 Å². The molecule has 0 saturated heterocycles. The van der Waals surface area contributed by atoms with Crippen molar-refractivity contribution in [3.63, 3.8) is 0 Å². The maximum absolute atomic E-state index is 4.73. The van der Waals surface area contributed by atoms with E-state index in [2.05, 4.69) is 69.9 Å². The SMILES string of the molecule is CC[C@@H](C)Nc1nc2nnnn2c2sc3c(c12)CCN(Cc1ccccc1)C3. The average molecular weight is 394 g/mol. The molecule has 0 saturated carbocycles. The summed E-state index contributed by atoms with van der Waals surface area (Å²) in [5.74, 6) is 1.47. The summed E-state index contributed by atoms with van der Waals surface area (Å²) in [6.07, 6.45) is 2.06. The number of rotatable bonds is 5. The number of hydrogen-bond acceptors (Lipinski definition) is 7. The molecule has 5 rings (SSSR count). The van der Waals surface area contributed by atoms with Crippen molar-refractivity contribution in [2.75, 3.05) is 11.9 Å². The summed E-state index contributed by atoms with van der Waals surface area (Å²) >= 11 is 1.80. The molecule has 4 aromatic rings. The standard InChI is InChI=1S/C20H23N7S/c1-3-13(2)21-18-17-15-9-10-26(11-14-7-5-4-6-8-14)12-16(15)28-19(17)27-20(22-18)23-24-25-27/h4-8,13H,3,9-12H2,1-2H3,(H,21,22,23,25)/t13-/m1/s1. The van der Waals surface area contributed by atoms with E-state index >= 15 is 0 Å². The van der Waals surface area contributed by atoms with Crippen LogP contribution in [0.2, 0.25) is 0 Å². The lowest BCUT2D eigenvalue weighted by Gasteiger charge is -2.27. The molecule has 0 fully saturated rings. The minimum Gasteiger partial charge on any atom is -0.367 e. The minimum atomic E-state index is 0.350. The number of nitrogens with zero attached hydrogens (tertiary/aromatic N) is 6. The summed E-state index contributed by atoms with van der Waals surface area (Å²) in [5.41, 5.74) is 2.76. The zero-order valence-electron chi connectivity index (χ0n) is 16.1. The summed E-state index contributed by atoms with van der Waals surface area (Å²) < 4.78 is 1.78. The first-order valence-electron chi connectivity index (χ1n) is 9.78. The van der Waals surface area contributed by atoms with E-state index in [-0.39, 0.29) is 0 Å². The van der Waals surface area contributed by atoms with Gasteiger partial charge in [-0.25, -0.2) is 0 Å². The molecular weight excluding hydrogens is 370 g/mol. The van der Waals surface area contributed by atoms with Gasteiger partial charge in [0.1, 0.15) is 10.6 Å². The second-order valence-electron chi connectivity index (χ2n) is 7.43. The van der Waals surface area contributed by atoms with Crippen LogP contribution in [0.4, 0.5) is 5.82 Å². The van der Waals surface area contributed by atoms with Gasteiger partial charge in [-0.05, 0) is 41.3 Å². The fraction of sp³-hybridized carbons (Fsp3) is 0.400. The molecule has 28 heavy (non-hydrogen) atoms. The average Bonchev–Trinajstić information content (AvgIpc) is 3.32. The second-order valence-corrected chi connectivity index (χ2v) is 8.52. The van der Waals surface area contributed by atoms with Crippen molar-refractivity contribution in [2.45, 2.75) is 45.8 Å². The van der Waals surface area contributed by atoms with Crippen LogP contribution in [-0.4, -0.2) is 42.5 Å². The quantitative estimate of drug-likeness (QED) is 0.560. The molecule has 8 heteroatoms. The lowest BCUT2D eigenvalue weighted by atomic mass is 10.0. The van der Waals surface area contributed by atoms with Crippen LogP contribution in [0, 0.1) is 0 Å². The van der Waals surface area contributed by atoms with Crippen molar-refractivity contribution in [3.05, 3.63) is 46.3 Å². The van der Waals surface area contributed by atoms with E-state index in [9.17, 15) is 0 Å². The monoisotopic (exact) mass is 393 g/mol. The maximum Gasteiger partial charge on any atom is 0.276 e. The number of benzene rings is 1. The van der Waals surface area contributed by atoms with Crippen LogP contribution in [0.1, 0.15) is 36.3 Å². The van der Waals surface area contributed by atoms with E-state index in [0.29, 0.717) is 11.8 Å². The van der Waals surface area contributed by atoms with Gasteiger partial charge >= 0.3 is 0 Å². The van der Waals surface area contributed by atoms with Crippen LogP contribution in [0.5, 0.6) is 0 Å². The van der Waals surface area contributed by atoms with Crippen molar-refractivity contribution in [1.29, 1.82) is 0 Å². The zero-order chi connectivity index (χ0) is 19.1. The highest BCUT2D eigenvalue weighted by molar-refractivity contribution is 7.19. The molecule has 1 N–H and O–H groups in total. The summed E-state index contributed by atoms with van der Waals surface area (Å²) in [5, 5.41) is 16.9. The molecule has 144 valence electrons. The van der Waals surface area contributed by atoms with Gasteiger partial charge in [0.15, 0.2) is 0 Å². The first-order valence-corrected chi connectivity index (χ1v) is 10.6. The van der Waals surface area contributed by atoms with Crippen LogP contribution in [-0.2, 0) is 19.5 Å². The normalized spacial score (nSPS) is 15.8.